The number of hydrogen-bond donors (Lipinski definition) is 1. The van der Waals surface area contributed by atoms with Crippen LogP contribution in [0.15, 0.2) is 29.3 Å². The number of aliphatic imine (C=N–C) groups is 1. The number of benzene rings is 1. The summed E-state index contributed by atoms with van der Waals surface area (Å²) in [5.74, 6) is 0.623. The first-order chi connectivity index (χ1) is 9.63. The molecule has 1 atom stereocenters. The highest BCUT2D eigenvalue weighted by molar-refractivity contribution is 7.13. The third-order valence-corrected chi connectivity index (χ3v) is 4.42. The van der Waals surface area contributed by atoms with Gasteiger partial charge in [-0.15, -0.1) is 11.3 Å². The number of amidine groups is 1. The molecular formula is C16H17N3S. The van der Waals surface area contributed by atoms with Gasteiger partial charge < -0.3 is 5.73 Å². The van der Waals surface area contributed by atoms with Crippen molar-refractivity contribution in [2.75, 3.05) is 0 Å². The van der Waals surface area contributed by atoms with Crippen LogP contribution in [-0.4, -0.2) is 16.9 Å². The molecule has 1 aromatic heterocycles. The van der Waals surface area contributed by atoms with Gasteiger partial charge in [0.05, 0.1) is 21.8 Å². The van der Waals surface area contributed by atoms with Gasteiger partial charge >= 0.3 is 0 Å². The van der Waals surface area contributed by atoms with Crippen LogP contribution in [0.2, 0.25) is 0 Å². The van der Waals surface area contributed by atoms with E-state index in [1.54, 1.807) is 11.3 Å². The first kappa shape index (κ1) is 13.1. The third-order valence-electron chi connectivity index (χ3n) is 3.32. The van der Waals surface area contributed by atoms with Gasteiger partial charge in [0.15, 0.2) is 0 Å². The second kappa shape index (κ2) is 5.21. The average Bonchev–Trinajstić information content (AvgIpc) is 2.81. The number of hydrogen-bond acceptors (Lipinski definition) is 3. The van der Waals surface area contributed by atoms with Crippen molar-refractivity contribution >= 4 is 29.3 Å². The van der Waals surface area contributed by atoms with E-state index in [1.807, 2.05) is 6.92 Å². The molecule has 0 aliphatic heterocycles. The van der Waals surface area contributed by atoms with Crippen molar-refractivity contribution in [2.24, 2.45) is 10.7 Å². The highest BCUT2D eigenvalue weighted by atomic mass is 32.1. The first-order valence-electron chi connectivity index (χ1n) is 6.68. The molecule has 1 heterocycles. The monoisotopic (exact) mass is 283 g/mol. The minimum absolute atomic E-state index is 0.124. The Labute approximate surface area is 122 Å². The van der Waals surface area contributed by atoms with Crippen molar-refractivity contribution in [2.45, 2.75) is 26.3 Å². The Kier molecular flexibility index (Phi) is 3.40. The maximum absolute atomic E-state index is 5.66. The third kappa shape index (κ3) is 2.51. The van der Waals surface area contributed by atoms with Gasteiger partial charge in [-0.2, -0.15) is 0 Å². The van der Waals surface area contributed by atoms with Gasteiger partial charge in [-0.05, 0) is 31.9 Å². The number of rotatable bonds is 2. The Morgan fingerprint density at radius 1 is 1.40 bits per heavy atom. The molecule has 2 N–H and O–H groups in total. The maximum Gasteiger partial charge on any atom is 0.124 e. The van der Waals surface area contributed by atoms with Crippen LogP contribution in [0.3, 0.4) is 0 Å². The quantitative estimate of drug-likeness (QED) is 0.675. The van der Waals surface area contributed by atoms with Crippen LogP contribution in [0.1, 0.15) is 18.9 Å². The zero-order valence-electron chi connectivity index (χ0n) is 11.6. The molecule has 4 heteroatoms. The summed E-state index contributed by atoms with van der Waals surface area (Å²) in [5, 5.41) is 2.12. The van der Waals surface area contributed by atoms with E-state index in [0.29, 0.717) is 5.84 Å². The zero-order valence-corrected chi connectivity index (χ0v) is 12.4. The van der Waals surface area contributed by atoms with Crippen LogP contribution >= 0.6 is 11.3 Å². The van der Waals surface area contributed by atoms with Crippen LogP contribution in [0, 0.1) is 6.92 Å². The molecule has 0 amide bonds. The normalized spacial score (nSPS) is 18.1. The van der Waals surface area contributed by atoms with Gasteiger partial charge in [0, 0.05) is 5.56 Å². The molecule has 1 aromatic carbocycles. The lowest BCUT2D eigenvalue weighted by molar-refractivity contribution is 0.882. The van der Waals surface area contributed by atoms with Crippen LogP contribution in [0.25, 0.3) is 22.7 Å². The predicted octanol–water partition coefficient (Wildman–Crippen LogP) is 1.83. The minimum atomic E-state index is 0.124. The molecule has 20 heavy (non-hydrogen) atoms. The Morgan fingerprint density at radius 2 is 2.20 bits per heavy atom. The first-order valence-corrected chi connectivity index (χ1v) is 7.50. The van der Waals surface area contributed by atoms with Gasteiger partial charge in [0.25, 0.3) is 0 Å². The molecular weight excluding hydrogens is 266 g/mol. The van der Waals surface area contributed by atoms with E-state index in [4.69, 9.17) is 10.7 Å². The molecule has 0 saturated carbocycles. The van der Waals surface area contributed by atoms with Gasteiger partial charge in [-0.1, -0.05) is 30.3 Å². The average molecular weight is 283 g/mol. The molecule has 0 saturated heterocycles. The van der Waals surface area contributed by atoms with Gasteiger partial charge in [0.2, 0.25) is 0 Å². The number of nitrogens with two attached hydrogens (primary N) is 1. The molecule has 102 valence electrons. The molecule has 3 nitrogen and oxygen atoms in total. The molecule has 0 bridgehead atoms. The molecule has 0 fully saturated rings. The van der Waals surface area contributed by atoms with Crippen LogP contribution in [-0.2, 0) is 0 Å². The summed E-state index contributed by atoms with van der Waals surface area (Å²) in [6.07, 6.45) is 5.23. The molecule has 2 aromatic rings. The second-order valence-corrected chi connectivity index (χ2v) is 6.06. The van der Waals surface area contributed by atoms with E-state index >= 15 is 0 Å². The summed E-state index contributed by atoms with van der Waals surface area (Å²) in [5.41, 5.74) is 8.12. The molecule has 3 rings (SSSR count). The molecule has 1 unspecified atom stereocenters. The zero-order chi connectivity index (χ0) is 14.1. The van der Waals surface area contributed by atoms with Crippen molar-refractivity contribution in [3.05, 3.63) is 39.7 Å². The van der Waals surface area contributed by atoms with Crippen LogP contribution in [0.5, 0.6) is 0 Å². The van der Waals surface area contributed by atoms with Crippen molar-refractivity contribution in [1.29, 1.82) is 0 Å². The van der Waals surface area contributed by atoms with E-state index in [1.165, 1.54) is 15.7 Å². The molecule has 1 aliphatic carbocycles. The molecule has 1 aliphatic rings. The predicted molar refractivity (Wildman–Crippen MR) is 86.2 cm³/mol. The van der Waals surface area contributed by atoms with E-state index in [0.717, 1.165) is 16.8 Å². The van der Waals surface area contributed by atoms with Crippen LogP contribution < -0.4 is 15.6 Å². The van der Waals surface area contributed by atoms with E-state index in [2.05, 4.69) is 48.3 Å². The SMILES string of the molecule is CC(N)=NC1C=c2nc(-c3ccccc3C)sc2=CC1. The summed E-state index contributed by atoms with van der Waals surface area (Å²) in [6.45, 7) is 3.94. The molecule has 0 spiro atoms. The highest BCUT2D eigenvalue weighted by Crippen LogP contribution is 2.22. The number of fused-ring (bicyclic) bond motifs is 1. The fraction of sp³-hybridized carbons (Fsp3) is 0.250. The number of aromatic nitrogens is 1. The minimum Gasteiger partial charge on any atom is -0.388 e. The van der Waals surface area contributed by atoms with Crippen molar-refractivity contribution in [1.82, 2.24) is 4.98 Å². The van der Waals surface area contributed by atoms with Gasteiger partial charge in [-0.25, -0.2) is 4.98 Å². The summed E-state index contributed by atoms with van der Waals surface area (Å²) >= 11 is 1.75. The van der Waals surface area contributed by atoms with Crippen molar-refractivity contribution in [3.63, 3.8) is 0 Å². The summed E-state index contributed by atoms with van der Waals surface area (Å²) in [7, 11) is 0. The van der Waals surface area contributed by atoms with Gasteiger partial charge in [0.1, 0.15) is 5.01 Å². The highest BCUT2D eigenvalue weighted by Gasteiger charge is 2.11. The smallest absolute Gasteiger partial charge is 0.124 e. The lowest BCUT2D eigenvalue weighted by atomic mass is 10.1. The largest absolute Gasteiger partial charge is 0.388 e. The van der Waals surface area contributed by atoms with E-state index < -0.39 is 0 Å². The van der Waals surface area contributed by atoms with Crippen LogP contribution in [0.4, 0.5) is 0 Å². The number of nitrogens with zero attached hydrogens (tertiary/aromatic N) is 2. The summed E-state index contributed by atoms with van der Waals surface area (Å²) in [6, 6.07) is 8.48. The van der Waals surface area contributed by atoms with Crippen molar-refractivity contribution < 1.29 is 0 Å². The maximum atomic E-state index is 5.66. The topological polar surface area (TPSA) is 51.3 Å². The summed E-state index contributed by atoms with van der Waals surface area (Å²) in [4.78, 5) is 9.17. The fourth-order valence-electron chi connectivity index (χ4n) is 2.37. The Hall–Kier alpha value is -1.94. The summed E-state index contributed by atoms with van der Waals surface area (Å²) < 4.78 is 1.24. The van der Waals surface area contributed by atoms with Crippen molar-refractivity contribution in [3.8, 4) is 10.6 Å². The van der Waals surface area contributed by atoms with E-state index in [9.17, 15) is 0 Å². The molecule has 0 radical (unpaired) electrons. The van der Waals surface area contributed by atoms with E-state index in [-0.39, 0.29) is 6.04 Å². The second-order valence-electron chi connectivity index (χ2n) is 5.03. The Morgan fingerprint density at radius 3 is 2.95 bits per heavy atom. The lowest BCUT2D eigenvalue weighted by Gasteiger charge is -2.06. The fourth-order valence-corrected chi connectivity index (χ4v) is 3.46. The Bertz CT molecular complexity index is 782. The number of thiazole rings is 1. The Balaban J connectivity index is 2.07. The lowest BCUT2D eigenvalue weighted by Crippen LogP contribution is -2.28. The van der Waals surface area contributed by atoms with Gasteiger partial charge in [-0.3, -0.25) is 4.99 Å². The standard InChI is InChI=1S/C16H17N3S/c1-10-5-3-4-6-13(10)16-19-14-9-12(18-11(2)17)7-8-15(14)20-16/h3-6,8-9,12H,7H2,1-2H3,(H2,17,18). The number of aryl methyl sites for hydroxylation is 1.